The van der Waals surface area contributed by atoms with E-state index in [1.54, 1.807) is 0 Å². The topological polar surface area (TPSA) is 86.6 Å². The highest BCUT2D eigenvalue weighted by molar-refractivity contribution is 5.75. The molecule has 0 heterocycles. The molecule has 0 aromatic carbocycles. The quantitative estimate of drug-likeness (QED) is 0.492. The van der Waals surface area contributed by atoms with Gasteiger partial charge in [-0.3, -0.25) is 14.9 Å². The molecule has 0 rings (SSSR count). The first-order chi connectivity index (χ1) is 5.57. The maximum atomic E-state index is 11.6. The van der Waals surface area contributed by atoms with Crippen molar-refractivity contribution >= 4 is 11.9 Å². The van der Waals surface area contributed by atoms with Gasteiger partial charge < -0.3 is 10.2 Å². The highest BCUT2D eigenvalue weighted by Crippen LogP contribution is 1.97. The summed E-state index contributed by atoms with van der Waals surface area (Å²) in [5.74, 6) is -2.34. The minimum atomic E-state index is -1.24. The predicted molar refractivity (Wildman–Crippen MR) is 37.4 cm³/mol. The second-order valence-corrected chi connectivity index (χ2v) is 2.16. The summed E-state index contributed by atoms with van der Waals surface area (Å²) in [4.78, 5) is 20.3. The Morgan fingerprint density at radius 3 is 2.33 bits per heavy atom. The van der Waals surface area contributed by atoms with E-state index in [0.29, 0.717) is 0 Å². The van der Waals surface area contributed by atoms with Crippen LogP contribution >= 0.6 is 0 Å². The number of rotatable bonds is 6. The van der Waals surface area contributed by atoms with E-state index in [0.717, 1.165) is 0 Å². The zero-order chi connectivity index (χ0) is 9.56. The molecule has 0 spiro atoms. The van der Waals surface area contributed by atoms with Crippen molar-refractivity contribution in [2.24, 2.45) is 0 Å². The standard InChI is InChI=1S/C6H10FNO4/c7-3-8-4(6(11)12)1-2-5(9)10/h4,8H,1-3H2,(H,9,10)(H,11,12)/t4-/m0/s1. The molecule has 6 heteroatoms. The van der Waals surface area contributed by atoms with E-state index in [1.807, 2.05) is 5.32 Å². The van der Waals surface area contributed by atoms with E-state index in [1.165, 1.54) is 0 Å². The molecule has 5 nitrogen and oxygen atoms in total. The summed E-state index contributed by atoms with van der Waals surface area (Å²) in [7, 11) is 0. The monoisotopic (exact) mass is 179 g/mol. The fourth-order valence-electron chi connectivity index (χ4n) is 0.674. The summed E-state index contributed by atoms with van der Waals surface area (Å²) in [5, 5.41) is 18.6. The normalized spacial score (nSPS) is 12.4. The number of halogens is 1. The van der Waals surface area contributed by atoms with Crippen LogP contribution in [0, 0.1) is 0 Å². The Morgan fingerprint density at radius 1 is 1.42 bits per heavy atom. The van der Waals surface area contributed by atoms with E-state index >= 15 is 0 Å². The SMILES string of the molecule is O=C(O)CC[C@H](NCF)C(=O)O. The molecule has 12 heavy (non-hydrogen) atoms. The van der Waals surface area contributed by atoms with Crippen molar-refractivity contribution in [3.05, 3.63) is 0 Å². The summed E-state index contributed by atoms with van der Waals surface area (Å²) < 4.78 is 11.6. The number of alkyl halides is 1. The third-order valence-corrected chi connectivity index (χ3v) is 1.27. The summed E-state index contributed by atoms with van der Waals surface area (Å²) in [6.07, 6.45) is -0.404. The van der Waals surface area contributed by atoms with Crippen LogP contribution in [0.15, 0.2) is 0 Å². The molecule has 0 bridgehead atoms. The Morgan fingerprint density at radius 2 is 2.00 bits per heavy atom. The summed E-state index contributed by atoms with van der Waals surface area (Å²) in [6.45, 7) is -0.976. The third kappa shape index (κ3) is 4.62. The maximum Gasteiger partial charge on any atom is 0.320 e. The fraction of sp³-hybridized carbons (Fsp3) is 0.667. The molecule has 0 unspecified atom stereocenters. The van der Waals surface area contributed by atoms with Gasteiger partial charge in [-0.25, -0.2) is 4.39 Å². The highest BCUT2D eigenvalue weighted by atomic mass is 19.1. The van der Waals surface area contributed by atoms with Crippen molar-refractivity contribution in [1.82, 2.24) is 5.32 Å². The Balaban J connectivity index is 3.79. The van der Waals surface area contributed by atoms with Gasteiger partial charge in [0.05, 0.1) is 0 Å². The lowest BCUT2D eigenvalue weighted by atomic mass is 10.1. The van der Waals surface area contributed by atoms with E-state index in [-0.39, 0.29) is 12.8 Å². The molecule has 0 aromatic heterocycles. The second kappa shape index (κ2) is 5.48. The highest BCUT2D eigenvalue weighted by Gasteiger charge is 2.17. The van der Waals surface area contributed by atoms with E-state index < -0.39 is 24.8 Å². The molecule has 0 fully saturated rings. The predicted octanol–water partition coefficient (Wildman–Crippen LogP) is -0.179. The van der Waals surface area contributed by atoms with Crippen molar-refractivity contribution in [1.29, 1.82) is 0 Å². The lowest BCUT2D eigenvalue weighted by Crippen LogP contribution is -2.36. The van der Waals surface area contributed by atoms with Crippen molar-refractivity contribution in [3.63, 3.8) is 0 Å². The lowest BCUT2D eigenvalue weighted by Gasteiger charge is -2.09. The first-order valence-electron chi connectivity index (χ1n) is 3.32. The van der Waals surface area contributed by atoms with Crippen LogP contribution in [0.1, 0.15) is 12.8 Å². The summed E-state index contributed by atoms with van der Waals surface area (Å²) in [5.41, 5.74) is 0. The van der Waals surface area contributed by atoms with Gasteiger partial charge in [-0.2, -0.15) is 0 Å². The zero-order valence-corrected chi connectivity index (χ0v) is 6.29. The van der Waals surface area contributed by atoms with Crippen molar-refractivity contribution in [2.75, 3.05) is 6.80 Å². The van der Waals surface area contributed by atoms with Crippen LogP contribution in [0.3, 0.4) is 0 Å². The Kier molecular flexibility index (Phi) is 4.94. The van der Waals surface area contributed by atoms with Crippen LogP contribution in [0.2, 0.25) is 0 Å². The molecular weight excluding hydrogens is 169 g/mol. The Bertz CT molecular complexity index is 173. The Labute approximate surface area is 68.2 Å². The van der Waals surface area contributed by atoms with E-state index in [2.05, 4.69) is 0 Å². The number of carboxylic acids is 2. The number of nitrogens with one attached hydrogen (secondary N) is 1. The average molecular weight is 179 g/mol. The molecule has 3 N–H and O–H groups in total. The smallest absolute Gasteiger partial charge is 0.320 e. The number of hydrogen-bond acceptors (Lipinski definition) is 3. The number of aliphatic carboxylic acids is 2. The average Bonchev–Trinajstić information content (AvgIpc) is 1.96. The van der Waals surface area contributed by atoms with Crippen LogP contribution < -0.4 is 5.32 Å². The van der Waals surface area contributed by atoms with Gasteiger partial charge in [0, 0.05) is 6.42 Å². The molecule has 0 radical (unpaired) electrons. The minimum absolute atomic E-state index is 0.116. The molecule has 1 atom stereocenters. The molecule has 0 aromatic rings. The molecule has 0 aliphatic heterocycles. The Hall–Kier alpha value is -1.17. The molecule has 0 aliphatic carbocycles. The molecule has 0 saturated carbocycles. The molecule has 0 saturated heterocycles. The maximum absolute atomic E-state index is 11.6. The van der Waals surface area contributed by atoms with Crippen molar-refractivity contribution < 1.29 is 24.2 Å². The van der Waals surface area contributed by atoms with Crippen molar-refractivity contribution in [3.8, 4) is 0 Å². The molecule has 0 aliphatic rings. The van der Waals surface area contributed by atoms with Gasteiger partial charge in [-0.1, -0.05) is 0 Å². The van der Waals surface area contributed by atoms with Gasteiger partial charge in [0.25, 0.3) is 0 Å². The van der Waals surface area contributed by atoms with Crippen LogP contribution in [0.25, 0.3) is 0 Å². The third-order valence-electron chi connectivity index (χ3n) is 1.27. The van der Waals surface area contributed by atoms with Crippen LogP contribution in [-0.4, -0.2) is 35.0 Å². The second-order valence-electron chi connectivity index (χ2n) is 2.16. The zero-order valence-electron chi connectivity index (χ0n) is 6.29. The van der Waals surface area contributed by atoms with Gasteiger partial charge in [0.2, 0.25) is 0 Å². The summed E-state index contributed by atoms with van der Waals surface area (Å²) >= 11 is 0. The van der Waals surface area contributed by atoms with Crippen molar-refractivity contribution in [2.45, 2.75) is 18.9 Å². The number of carbonyl (C=O) groups is 2. The summed E-state index contributed by atoms with van der Waals surface area (Å²) in [6, 6.07) is -1.12. The van der Waals surface area contributed by atoms with Gasteiger partial charge in [-0.05, 0) is 6.42 Å². The van der Waals surface area contributed by atoms with Crippen LogP contribution in [-0.2, 0) is 9.59 Å². The number of hydrogen-bond donors (Lipinski definition) is 3. The minimum Gasteiger partial charge on any atom is -0.481 e. The van der Waals surface area contributed by atoms with E-state index in [9.17, 15) is 14.0 Å². The number of carboxylic acid groups (broad SMARTS) is 2. The van der Waals surface area contributed by atoms with Gasteiger partial charge >= 0.3 is 11.9 Å². The molecular formula is C6H10FNO4. The largest absolute Gasteiger partial charge is 0.481 e. The first-order valence-corrected chi connectivity index (χ1v) is 3.32. The lowest BCUT2D eigenvalue weighted by molar-refractivity contribution is -0.140. The van der Waals surface area contributed by atoms with Crippen LogP contribution in [0.5, 0.6) is 0 Å². The fourth-order valence-corrected chi connectivity index (χ4v) is 0.674. The molecule has 0 amide bonds. The van der Waals surface area contributed by atoms with E-state index in [4.69, 9.17) is 10.2 Å². The van der Waals surface area contributed by atoms with Gasteiger partial charge in [0.15, 0.2) is 0 Å². The first kappa shape index (κ1) is 10.8. The van der Waals surface area contributed by atoms with Gasteiger partial charge in [-0.15, -0.1) is 0 Å². The van der Waals surface area contributed by atoms with Crippen LogP contribution in [0.4, 0.5) is 4.39 Å². The molecule has 70 valence electrons. The van der Waals surface area contributed by atoms with Gasteiger partial charge in [0.1, 0.15) is 12.8 Å².